The Kier molecular flexibility index (Phi) is 6.02. The van der Waals surface area contributed by atoms with E-state index >= 15 is 0 Å². The van der Waals surface area contributed by atoms with Crippen LogP contribution in [0.15, 0.2) is 24.3 Å². The molecule has 4 heteroatoms. The molecule has 1 atom stereocenters. The summed E-state index contributed by atoms with van der Waals surface area (Å²) < 4.78 is 5.33. The molecule has 1 heterocycles. The molecule has 0 aliphatic carbocycles. The number of para-hydroxylation sites is 1. The molecule has 0 aromatic heterocycles. The number of carbonyl (C=O) groups excluding carboxylic acids is 1. The summed E-state index contributed by atoms with van der Waals surface area (Å²) in [6.07, 6.45) is 2.58. The predicted octanol–water partition coefficient (Wildman–Crippen LogP) is 2.55. The molecule has 2 N–H and O–H groups in total. The maximum Gasteiger partial charge on any atom is 0.224 e. The standard InChI is InChI=1S/C16H24N2O2/c1-2-17-11-14-5-3-4-6-15(14)18-16(19)8-7-13-9-10-20-12-13/h3-6,13,17H,2,7-12H2,1H3,(H,18,19). The van der Waals surface area contributed by atoms with Crippen molar-refractivity contribution >= 4 is 11.6 Å². The minimum absolute atomic E-state index is 0.0980. The monoisotopic (exact) mass is 276 g/mol. The average Bonchev–Trinajstić information content (AvgIpc) is 2.97. The second-order valence-electron chi connectivity index (χ2n) is 5.25. The first kappa shape index (κ1) is 15.0. The SMILES string of the molecule is CCNCc1ccccc1NC(=O)CCC1CCOC1. The van der Waals surface area contributed by atoms with Crippen molar-refractivity contribution in [3.8, 4) is 0 Å². The van der Waals surface area contributed by atoms with Gasteiger partial charge in [0.15, 0.2) is 0 Å². The van der Waals surface area contributed by atoms with Crippen molar-refractivity contribution in [2.45, 2.75) is 32.7 Å². The number of ether oxygens (including phenoxy) is 1. The summed E-state index contributed by atoms with van der Waals surface area (Å²) in [6.45, 7) is 5.43. The quantitative estimate of drug-likeness (QED) is 0.804. The molecule has 0 spiro atoms. The van der Waals surface area contributed by atoms with Crippen LogP contribution >= 0.6 is 0 Å². The Morgan fingerprint density at radius 2 is 2.25 bits per heavy atom. The van der Waals surface area contributed by atoms with Gasteiger partial charge in [-0.1, -0.05) is 25.1 Å². The van der Waals surface area contributed by atoms with Crippen molar-refractivity contribution < 1.29 is 9.53 Å². The third kappa shape index (κ3) is 4.62. The molecule has 0 bridgehead atoms. The Morgan fingerprint density at radius 1 is 1.40 bits per heavy atom. The van der Waals surface area contributed by atoms with E-state index in [4.69, 9.17) is 4.74 Å². The van der Waals surface area contributed by atoms with Gasteiger partial charge in [0.1, 0.15) is 0 Å². The molecular formula is C16H24N2O2. The van der Waals surface area contributed by atoms with Crippen molar-refractivity contribution in [3.63, 3.8) is 0 Å². The van der Waals surface area contributed by atoms with Crippen molar-refractivity contribution in [1.29, 1.82) is 0 Å². The van der Waals surface area contributed by atoms with E-state index in [0.29, 0.717) is 12.3 Å². The molecule has 1 unspecified atom stereocenters. The largest absolute Gasteiger partial charge is 0.381 e. The Balaban J connectivity index is 1.83. The maximum absolute atomic E-state index is 12.0. The summed E-state index contributed by atoms with van der Waals surface area (Å²) in [4.78, 5) is 12.0. The summed E-state index contributed by atoms with van der Waals surface area (Å²) in [7, 11) is 0. The number of carbonyl (C=O) groups is 1. The van der Waals surface area contributed by atoms with Gasteiger partial charge in [0, 0.05) is 31.9 Å². The van der Waals surface area contributed by atoms with E-state index in [-0.39, 0.29) is 5.91 Å². The highest BCUT2D eigenvalue weighted by Crippen LogP contribution is 2.19. The molecule has 1 saturated heterocycles. The third-order valence-electron chi connectivity index (χ3n) is 3.66. The lowest BCUT2D eigenvalue weighted by Crippen LogP contribution is -2.17. The molecule has 1 amide bonds. The smallest absolute Gasteiger partial charge is 0.224 e. The second-order valence-corrected chi connectivity index (χ2v) is 5.25. The van der Waals surface area contributed by atoms with E-state index in [2.05, 4.69) is 17.6 Å². The molecule has 0 radical (unpaired) electrons. The number of hydrogen-bond acceptors (Lipinski definition) is 3. The van der Waals surface area contributed by atoms with Crippen LogP contribution in [0.1, 0.15) is 31.7 Å². The Labute approximate surface area is 120 Å². The summed E-state index contributed by atoms with van der Waals surface area (Å²) in [5.41, 5.74) is 2.05. The number of nitrogens with one attached hydrogen (secondary N) is 2. The number of anilines is 1. The van der Waals surface area contributed by atoms with Crippen molar-refractivity contribution in [2.24, 2.45) is 5.92 Å². The van der Waals surface area contributed by atoms with Gasteiger partial charge in [0.05, 0.1) is 0 Å². The van der Waals surface area contributed by atoms with Gasteiger partial charge in [0.25, 0.3) is 0 Å². The van der Waals surface area contributed by atoms with Crippen LogP contribution < -0.4 is 10.6 Å². The minimum Gasteiger partial charge on any atom is -0.381 e. The molecule has 1 aromatic rings. The highest BCUT2D eigenvalue weighted by Gasteiger charge is 2.17. The van der Waals surface area contributed by atoms with Crippen LogP contribution in [0.2, 0.25) is 0 Å². The first-order valence-corrected chi connectivity index (χ1v) is 7.45. The lowest BCUT2D eigenvalue weighted by Gasteiger charge is -2.12. The van der Waals surface area contributed by atoms with Crippen LogP contribution in [-0.4, -0.2) is 25.7 Å². The zero-order chi connectivity index (χ0) is 14.2. The van der Waals surface area contributed by atoms with E-state index in [1.54, 1.807) is 0 Å². The summed E-state index contributed by atoms with van der Waals surface area (Å²) in [5.74, 6) is 0.651. The van der Waals surface area contributed by atoms with Crippen LogP contribution in [0, 0.1) is 5.92 Å². The molecule has 110 valence electrons. The Morgan fingerprint density at radius 3 is 3.00 bits per heavy atom. The van der Waals surface area contributed by atoms with E-state index in [1.165, 1.54) is 0 Å². The molecule has 4 nitrogen and oxygen atoms in total. The maximum atomic E-state index is 12.0. The average molecular weight is 276 g/mol. The third-order valence-corrected chi connectivity index (χ3v) is 3.66. The van der Waals surface area contributed by atoms with Gasteiger partial charge in [0.2, 0.25) is 5.91 Å². The van der Waals surface area contributed by atoms with Crippen LogP contribution in [0.5, 0.6) is 0 Å². The normalized spacial score (nSPS) is 18.1. The molecular weight excluding hydrogens is 252 g/mol. The fourth-order valence-corrected chi connectivity index (χ4v) is 2.41. The van der Waals surface area contributed by atoms with Gasteiger partial charge in [-0.2, -0.15) is 0 Å². The van der Waals surface area contributed by atoms with Gasteiger partial charge in [-0.05, 0) is 36.9 Å². The fraction of sp³-hybridized carbons (Fsp3) is 0.562. The molecule has 0 saturated carbocycles. The zero-order valence-electron chi connectivity index (χ0n) is 12.2. The van der Waals surface area contributed by atoms with E-state index in [9.17, 15) is 4.79 Å². The van der Waals surface area contributed by atoms with Crippen LogP contribution in [0.4, 0.5) is 5.69 Å². The number of amides is 1. The molecule has 1 aliphatic heterocycles. The van der Waals surface area contributed by atoms with E-state index in [1.807, 2.05) is 24.3 Å². The lowest BCUT2D eigenvalue weighted by molar-refractivity contribution is -0.116. The first-order valence-electron chi connectivity index (χ1n) is 7.45. The summed E-state index contributed by atoms with van der Waals surface area (Å²) in [6, 6.07) is 7.96. The summed E-state index contributed by atoms with van der Waals surface area (Å²) in [5, 5.41) is 6.31. The van der Waals surface area contributed by atoms with Crippen LogP contribution in [0.3, 0.4) is 0 Å². The molecule has 1 aromatic carbocycles. The topological polar surface area (TPSA) is 50.4 Å². The molecule has 1 aliphatic rings. The minimum atomic E-state index is 0.0980. The van der Waals surface area contributed by atoms with Gasteiger partial charge in [-0.3, -0.25) is 4.79 Å². The highest BCUT2D eigenvalue weighted by molar-refractivity contribution is 5.91. The first-order chi connectivity index (χ1) is 9.79. The van der Waals surface area contributed by atoms with Crippen LogP contribution in [-0.2, 0) is 16.1 Å². The van der Waals surface area contributed by atoms with Gasteiger partial charge in [-0.25, -0.2) is 0 Å². The summed E-state index contributed by atoms with van der Waals surface area (Å²) >= 11 is 0. The van der Waals surface area contributed by atoms with Crippen molar-refractivity contribution in [3.05, 3.63) is 29.8 Å². The Bertz CT molecular complexity index is 428. The van der Waals surface area contributed by atoms with Crippen molar-refractivity contribution in [2.75, 3.05) is 25.1 Å². The lowest BCUT2D eigenvalue weighted by atomic mass is 10.0. The Hall–Kier alpha value is -1.39. The van der Waals surface area contributed by atoms with Crippen LogP contribution in [0.25, 0.3) is 0 Å². The van der Waals surface area contributed by atoms with Gasteiger partial charge >= 0.3 is 0 Å². The number of benzene rings is 1. The number of hydrogen-bond donors (Lipinski definition) is 2. The highest BCUT2D eigenvalue weighted by atomic mass is 16.5. The molecule has 1 fully saturated rings. The number of rotatable bonds is 7. The van der Waals surface area contributed by atoms with Crippen molar-refractivity contribution in [1.82, 2.24) is 5.32 Å². The second kappa shape index (κ2) is 8.02. The molecule has 2 rings (SSSR count). The molecule has 20 heavy (non-hydrogen) atoms. The van der Waals surface area contributed by atoms with Gasteiger partial charge < -0.3 is 15.4 Å². The zero-order valence-corrected chi connectivity index (χ0v) is 12.2. The van der Waals surface area contributed by atoms with E-state index in [0.717, 1.165) is 50.4 Å². The van der Waals surface area contributed by atoms with E-state index < -0.39 is 0 Å². The predicted molar refractivity (Wildman–Crippen MR) is 80.6 cm³/mol. The fourth-order valence-electron chi connectivity index (χ4n) is 2.41. The van der Waals surface area contributed by atoms with Gasteiger partial charge in [-0.15, -0.1) is 0 Å².